The Bertz CT molecular complexity index is 579. The third-order valence-corrected chi connectivity index (χ3v) is 2.45. The molecule has 0 aliphatic heterocycles. The molecular weight excluding hydrogens is 229 g/mol. The third kappa shape index (κ3) is 1.98. The van der Waals surface area contributed by atoms with E-state index in [4.69, 9.17) is 0 Å². The first-order valence-corrected chi connectivity index (χ1v) is 4.94. The predicted octanol–water partition coefficient (Wildman–Crippen LogP) is 3.78. The normalized spacial score (nSPS) is 10.6. The number of benzene rings is 2. The van der Waals surface area contributed by atoms with Crippen molar-refractivity contribution >= 4 is 0 Å². The molecule has 2 rings (SSSR count). The van der Waals surface area contributed by atoms with Crippen LogP contribution in [0.25, 0.3) is 11.1 Å². The molecule has 17 heavy (non-hydrogen) atoms. The summed E-state index contributed by atoms with van der Waals surface area (Å²) in [6, 6.07) is 6.09. The minimum Gasteiger partial charge on any atom is -0.504 e. The van der Waals surface area contributed by atoms with E-state index < -0.39 is 23.2 Å². The van der Waals surface area contributed by atoms with Crippen molar-refractivity contribution in [3.8, 4) is 16.9 Å². The van der Waals surface area contributed by atoms with Gasteiger partial charge in [0.2, 0.25) is 0 Å². The SMILES string of the molecule is Cc1cc(F)c(F)c(-c2cccc(F)c2O)c1. The van der Waals surface area contributed by atoms with Crippen LogP contribution in [0.15, 0.2) is 30.3 Å². The van der Waals surface area contributed by atoms with E-state index in [1.54, 1.807) is 6.92 Å². The molecule has 0 saturated heterocycles. The summed E-state index contributed by atoms with van der Waals surface area (Å²) in [6.45, 7) is 1.59. The van der Waals surface area contributed by atoms with Crippen molar-refractivity contribution in [2.24, 2.45) is 0 Å². The molecule has 0 amide bonds. The van der Waals surface area contributed by atoms with Gasteiger partial charge in [0.25, 0.3) is 0 Å². The van der Waals surface area contributed by atoms with Gasteiger partial charge in [0.15, 0.2) is 23.2 Å². The fourth-order valence-electron chi connectivity index (χ4n) is 1.65. The quantitative estimate of drug-likeness (QED) is 0.801. The molecule has 1 nitrogen and oxygen atoms in total. The molecule has 0 aromatic heterocycles. The van der Waals surface area contributed by atoms with Gasteiger partial charge in [0.1, 0.15) is 0 Å². The molecule has 0 bridgehead atoms. The van der Waals surface area contributed by atoms with Gasteiger partial charge in [-0.25, -0.2) is 13.2 Å². The minimum atomic E-state index is -1.10. The first kappa shape index (κ1) is 11.5. The van der Waals surface area contributed by atoms with Gasteiger partial charge in [-0.15, -0.1) is 0 Å². The van der Waals surface area contributed by atoms with Gasteiger partial charge in [0.05, 0.1) is 0 Å². The number of hydrogen-bond acceptors (Lipinski definition) is 1. The van der Waals surface area contributed by atoms with Crippen LogP contribution in [0.2, 0.25) is 0 Å². The van der Waals surface area contributed by atoms with Gasteiger partial charge in [0, 0.05) is 11.1 Å². The predicted molar refractivity (Wildman–Crippen MR) is 58.2 cm³/mol. The third-order valence-electron chi connectivity index (χ3n) is 2.45. The Kier molecular flexibility index (Phi) is 2.79. The van der Waals surface area contributed by atoms with E-state index in [-0.39, 0.29) is 11.1 Å². The van der Waals surface area contributed by atoms with Crippen LogP contribution in [0.4, 0.5) is 13.2 Å². The number of phenols is 1. The summed E-state index contributed by atoms with van der Waals surface area (Å²) >= 11 is 0. The highest BCUT2D eigenvalue weighted by Gasteiger charge is 2.16. The molecule has 4 heteroatoms. The van der Waals surface area contributed by atoms with Crippen LogP contribution >= 0.6 is 0 Å². The van der Waals surface area contributed by atoms with E-state index >= 15 is 0 Å². The lowest BCUT2D eigenvalue weighted by Crippen LogP contribution is -1.93. The van der Waals surface area contributed by atoms with Crippen molar-refractivity contribution in [2.75, 3.05) is 0 Å². The molecule has 0 saturated carbocycles. The molecule has 0 atom stereocenters. The van der Waals surface area contributed by atoms with Crippen LogP contribution in [0.1, 0.15) is 5.56 Å². The maximum Gasteiger partial charge on any atom is 0.166 e. The highest BCUT2D eigenvalue weighted by Crippen LogP contribution is 2.34. The van der Waals surface area contributed by atoms with Crippen LogP contribution in [0, 0.1) is 24.4 Å². The number of aromatic hydroxyl groups is 1. The lowest BCUT2D eigenvalue weighted by molar-refractivity contribution is 0.433. The van der Waals surface area contributed by atoms with Crippen molar-refractivity contribution in [3.05, 3.63) is 53.3 Å². The number of halogens is 3. The molecule has 88 valence electrons. The zero-order valence-electron chi connectivity index (χ0n) is 8.97. The first-order valence-electron chi connectivity index (χ1n) is 4.94. The van der Waals surface area contributed by atoms with E-state index in [9.17, 15) is 18.3 Å². The maximum atomic E-state index is 13.6. The van der Waals surface area contributed by atoms with Gasteiger partial charge in [-0.2, -0.15) is 0 Å². The molecule has 0 unspecified atom stereocenters. The van der Waals surface area contributed by atoms with E-state index in [0.29, 0.717) is 5.56 Å². The zero-order valence-corrected chi connectivity index (χ0v) is 8.97. The summed E-state index contributed by atoms with van der Waals surface area (Å²) in [5.41, 5.74) is 0.271. The van der Waals surface area contributed by atoms with Gasteiger partial charge >= 0.3 is 0 Å². The molecule has 0 aliphatic carbocycles. The van der Waals surface area contributed by atoms with Crippen LogP contribution in [0.3, 0.4) is 0 Å². The Balaban J connectivity index is 2.73. The Labute approximate surface area is 96.1 Å². The van der Waals surface area contributed by atoms with E-state index in [2.05, 4.69) is 0 Å². The number of hydrogen-bond donors (Lipinski definition) is 1. The number of phenolic OH excluding ortho intramolecular Hbond substituents is 1. The van der Waals surface area contributed by atoms with E-state index in [1.807, 2.05) is 0 Å². The van der Waals surface area contributed by atoms with Crippen LogP contribution in [-0.2, 0) is 0 Å². The number of rotatable bonds is 1. The second-order valence-electron chi connectivity index (χ2n) is 3.74. The van der Waals surface area contributed by atoms with Crippen LogP contribution in [0.5, 0.6) is 5.75 Å². The first-order chi connectivity index (χ1) is 8.00. The highest BCUT2D eigenvalue weighted by molar-refractivity contribution is 5.71. The maximum absolute atomic E-state index is 13.6. The van der Waals surface area contributed by atoms with E-state index in [0.717, 1.165) is 12.1 Å². The van der Waals surface area contributed by atoms with Crippen molar-refractivity contribution in [1.29, 1.82) is 0 Å². The monoisotopic (exact) mass is 238 g/mol. The second kappa shape index (κ2) is 4.13. The van der Waals surface area contributed by atoms with Crippen molar-refractivity contribution in [3.63, 3.8) is 0 Å². The molecular formula is C13H9F3O. The second-order valence-corrected chi connectivity index (χ2v) is 3.74. The van der Waals surface area contributed by atoms with Crippen LogP contribution in [-0.4, -0.2) is 5.11 Å². The Hall–Kier alpha value is -1.97. The summed E-state index contributed by atoms with van der Waals surface area (Å²) in [6.07, 6.45) is 0. The van der Waals surface area contributed by atoms with Crippen molar-refractivity contribution in [2.45, 2.75) is 6.92 Å². The molecule has 0 fully saturated rings. The Morgan fingerprint density at radius 3 is 2.35 bits per heavy atom. The summed E-state index contributed by atoms with van der Waals surface area (Å²) in [7, 11) is 0. The molecule has 1 N–H and O–H groups in total. The van der Waals surface area contributed by atoms with Crippen LogP contribution < -0.4 is 0 Å². The smallest absolute Gasteiger partial charge is 0.166 e. The molecule has 0 spiro atoms. The zero-order chi connectivity index (χ0) is 12.6. The van der Waals surface area contributed by atoms with Gasteiger partial charge < -0.3 is 5.11 Å². The van der Waals surface area contributed by atoms with Gasteiger partial charge in [-0.05, 0) is 30.7 Å². The highest BCUT2D eigenvalue weighted by atomic mass is 19.2. The fourth-order valence-corrected chi connectivity index (χ4v) is 1.65. The van der Waals surface area contributed by atoms with Crippen molar-refractivity contribution < 1.29 is 18.3 Å². The largest absolute Gasteiger partial charge is 0.504 e. The molecule has 0 aliphatic rings. The lowest BCUT2D eigenvalue weighted by atomic mass is 10.0. The van der Waals surface area contributed by atoms with Gasteiger partial charge in [-0.3, -0.25) is 0 Å². The molecule has 0 heterocycles. The molecule has 2 aromatic carbocycles. The average molecular weight is 238 g/mol. The topological polar surface area (TPSA) is 20.2 Å². The molecule has 2 aromatic rings. The minimum absolute atomic E-state index is 0.0647. The van der Waals surface area contributed by atoms with E-state index in [1.165, 1.54) is 18.2 Å². The van der Waals surface area contributed by atoms with Gasteiger partial charge in [-0.1, -0.05) is 12.1 Å². The fraction of sp³-hybridized carbons (Fsp3) is 0.0769. The Morgan fingerprint density at radius 1 is 0.941 bits per heavy atom. The molecule has 0 radical (unpaired) electrons. The summed E-state index contributed by atoms with van der Waals surface area (Å²) in [5.74, 6) is -3.68. The summed E-state index contributed by atoms with van der Waals surface area (Å²) in [4.78, 5) is 0. The average Bonchev–Trinajstić information content (AvgIpc) is 2.27. The summed E-state index contributed by atoms with van der Waals surface area (Å²) < 4.78 is 39.9. The Morgan fingerprint density at radius 2 is 1.65 bits per heavy atom. The lowest BCUT2D eigenvalue weighted by Gasteiger charge is -2.08. The standard InChI is InChI=1S/C13H9F3O/c1-7-5-9(12(16)11(15)6-7)8-3-2-4-10(14)13(8)17/h2-6,17H,1H3. The summed E-state index contributed by atoms with van der Waals surface area (Å²) in [5, 5.41) is 9.49. The van der Waals surface area contributed by atoms with Crippen molar-refractivity contribution in [1.82, 2.24) is 0 Å². The number of para-hydroxylation sites is 1. The number of aryl methyl sites for hydroxylation is 1.